The molecule has 1 N–H and O–H groups in total. The maximum absolute atomic E-state index is 10.3. The molecule has 0 saturated heterocycles. The van der Waals surface area contributed by atoms with Crippen LogP contribution in [0.2, 0.25) is 0 Å². The average Bonchev–Trinajstić information content (AvgIpc) is 3.06. The van der Waals surface area contributed by atoms with Crippen molar-refractivity contribution >= 4 is 0 Å². The van der Waals surface area contributed by atoms with Gasteiger partial charge in [0.2, 0.25) is 0 Å². The summed E-state index contributed by atoms with van der Waals surface area (Å²) in [4.78, 5) is 0. The monoisotopic (exact) mass is 414 g/mol. The summed E-state index contributed by atoms with van der Waals surface area (Å²) < 4.78 is 0. The number of fused-ring (bicyclic) bond motifs is 5. The number of aliphatic hydroxyl groups is 1. The molecule has 0 spiro atoms. The van der Waals surface area contributed by atoms with Crippen LogP contribution in [-0.2, 0) is 0 Å². The van der Waals surface area contributed by atoms with Crippen LogP contribution in [-0.4, -0.2) is 11.2 Å². The van der Waals surface area contributed by atoms with Gasteiger partial charge in [-0.2, -0.15) is 0 Å². The lowest BCUT2D eigenvalue weighted by Gasteiger charge is -2.61. The van der Waals surface area contributed by atoms with E-state index in [0.717, 1.165) is 60.2 Å². The summed E-state index contributed by atoms with van der Waals surface area (Å²) in [5, 5.41) is 10.3. The molecule has 0 radical (unpaired) electrons. The Hall–Kier alpha value is -0.300. The van der Waals surface area contributed by atoms with Crippen molar-refractivity contribution in [1.29, 1.82) is 0 Å². The molecule has 0 aromatic heterocycles. The third-order valence-corrected chi connectivity index (χ3v) is 11.3. The zero-order valence-electron chi connectivity index (χ0n) is 20.9. The van der Waals surface area contributed by atoms with Crippen molar-refractivity contribution in [3.05, 3.63) is 12.2 Å². The lowest BCUT2D eigenvalue weighted by Crippen LogP contribution is -2.54. The minimum absolute atomic E-state index is 0.0187. The molecule has 0 amide bonds. The van der Waals surface area contributed by atoms with E-state index in [2.05, 4.69) is 53.7 Å². The van der Waals surface area contributed by atoms with Crippen molar-refractivity contribution in [2.75, 3.05) is 0 Å². The van der Waals surface area contributed by atoms with Crippen LogP contribution in [0, 0.1) is 58.2 Å². The number of rotatable bonds is 5. The highest BCUT2D eigenvalue weighted by molar-refractivity contribution is 5.11. The zero-order chi connectivity index (χ0) is 21.7. The standard InChI is InChI=1S/C29H50O/c1-7-21(19(2)3)9-8-20(4)25-12-13-26-24-11-10-22-18-23(30)14-16-28(22,5)27(24)15-17-29(25,26)6/h8-9,19-27,30H,7,10-18H2,1-6H3/t20-,21-,22?,23+,24+,25-,26+,27+,28+,29-/m1/s1. The normalized spacial score (nSPS) is 48.3. The van der Waals surface area contributed by atoms with E-state index in [-0.39, 0.29) is 6.10 Å². The Morgan fingerprint density at radius 1 is 0.867 bits per heavy atom. The summed E-state index contributed by atoms with van der Waals surface area (Å²) in [6, 6.07) is 0. The van der Waals surface area contributed by atoms with Gasteiger partial charge in [-0.15, -0.1) is 0 Å². The molecule has 30 heavy (non-hydrogen) atoms. The average molecular weight is 415 g/mol. The van der Waals surface area contributed by atoms with Crippen LogP contribution < -0.4 is 0 Å². The molecule has 4 rings (SSSR count). The van der Waals surface area contributed by atoms with E-state index in [0.29, 0.717) is 10.8 Å². The van der Waals surface area contributed by atoms with E-state index in [1.54, 1.807) is 0 Å². The van der Waals surface area contributed by atoms with Crippen LogP contribution in [0.3, 0.4) is 0 Å². The van der Waals surface area contributed by atoms with Gasteiger partial charge in [0.05, 0.1) is 6.10 Å². The summed E-state index contributed by atoms with van der Waals surface area (Å²) >= 11 is 0. The minimum Gasteiger partial charge on any atom is -0.393 e. The molecule has 1 nitrogen and oxygen atoms in total. The van der Waals surface area contributed by atoms with Crippen LogP contribution in [0.25, 0.3) is 0 Å². The van der Waals surface area contributed by atoms with Gasteiger partial charge in [-0.05, 0) is 122 Å². The second kappa shape index (κ2) is 8.57. The summed E-state index contributed by atoms with van der Waals surface area (Å²) in [6.45, 7) is 14.9. The first-order valence-electron chi connectivity index (χ1n) is 13.6. The van der Waals surface area contributed by atoms with Crippen LogP contribution >= 0.6 is 0 Å². The van der Waals surface area contributed by atoms with Crippen molar-refractivity contribution in [1.82, 2.24) is 0 Å². The summed E-state index contributed by atoms with van der Waals surface area (Å²) in [7, 11) is 0. The van der Waals surface area contributed by atoms with E-state index in [1.807, 2.05) is 0 Å². The van der Waals surface area contributed by atoms with E-state index >= 15 is 0 Å². The second-order valence-corrected chi connectivity index (χ2v) is 12.9. The molecular formula is C29H50O. The van der Waals surface area contributed by atoms with Crippen molar-refractivity contribution in [2.24, 2.45) is 58.2 Å². The highest BCUT2D eigenvalue weighted by Gasteiger charge is 2.60. The van der Waals surface area contributed by atoms with E-state index in [1.165, 1.54) is 51.4 Å². The zero-order valence-corrected chi connectivity index (χ0v) is 20.9. The molecule has 10 atom stereocenters. The molecule has 1 heteroatoms. The quantitative estimate of drug-likeness (QED) is 0.454. The van der Waals surface area contributed by atoms with Gasteiger partial charge >= 0.3 is 0 Å². The lowest BCUT2D eigenvalue weighted by atomic mass is 9.44. The van der Waals surface area contributed by atoms with Crippen LogP contribution in [0.4, 0.5) is 0 Å². The molecule has 0 aromatic rings. The topological polar surface area (TPSA) is 20.2 Å². The first-order valence-corrected chi connectivity index (χ1v) is 13.6. The highest BCUT2D eigenvalue weighted by atomic mass is 16.3. The molecule has 4 saturated carbocycles. The Bertz CT molecular complexity index is 622. The fourth-order valence-electron chi connectivity index (χ4n) is 9.42. The molecule has 0 aliphatic heterocycles. The van der Waals surface area contributed by atoms with Crippen LogP contribution in [0.5, 0.6) is 0 Å². The molecule has 4 aliphatic carbocycles. The van der Waals surface area contributed by atoms with Crippen molar-refractivity contribution in [3.63, 3.8) is 0 Å². The first-order chi connectivity index (χ1) is 14.2. The molecule has 0 aromatic carbocycles. The molecule has 4 fully saturated rings. The Balaban J connectivity index is 1.49. The smallest absolute Gasteiger partial charge is 0.0543 e. The molecule has 0 heterocycles. The maximum Gasteiger partial charge on any atom is 0.0543 e. The Kier molecular flexibility index (Phi) is 6.53. The number of allylic oxidation sites excluding steroid dienone is 2. The minimum atomic E-state index is -0.0187. The van der Waals surface area contributed by atoms with Gasteiger partial charge in [0.1, 0.15) is 0 Å². The fourth-order valence-corrected chi connectivity index (χ4v) is 9.42. The van der Waals surface area contributed by atoms with Gasteiger partial charge in [-0.3, -0.25) is 0 Å². The highest BCUT2D eigenvalue weighted by Crippen LogP contribution is 2.68. The molecule has 0 bridgehead atoms. The SMILES string of the molecule is CC[C@H](C=C[C@@H](C)[C@H]1CC[C@H]2[C@@H]3CCC4C[C@@H](O)CC[C@]4(C)[C@H]3CC[C@]12C)C(C)C. The second-order valence-electron chi connectivity index (χ2n) is 12.9. The summed E-state index contributed by atoms with van der Waals surface area (Å²) in [5.41, 5.74) is 1.07. The number of aliphatic hydroxyl groups excluding tert-OH is 1. The van der Waals surface area contributed by atoms with Gasteiger partial charge in [0.15, 0.2) is 0 Å². The number of hydrogen-bond donors (Lipinski definition) is 1. The third kappa shape index (κ3) is 3.74. The predicted molar refractivity (Wildman–Crippen MR) is 128 cm³/mol. The van der Waals surface area contributed by atoms with Crippen molar-refractivity contribution < 1.29 is 5.11 Å². The molecule has 4 aliphatic rings. The van der Waals surface area contributed by atoms with Crippen molar-refractivity contribution in [2.45, 2.75) is 112 Å². The Morgan fingerprint density at radius 2 is 1.57 bits per heavy atom. The first kappa shape index (κ1) is 22.9. The van der Waals surface area contributed by atoms with E-state index < -0.39 is 0 Å². The summed E-state index contributed by atoms with van der Waals surface area (Å²) in [5.74, 6) is 6.72. The Labute approximate surface area is 187 Å². The molecular weight excluding hydrogens is 364 g/mol. The molecule has 172 valence electrons. The lowest BCUT2D eigenvalue weighted by molar-refractivity contribution is -0.128. The maximum atomic E-state index is 10.3. The number of hydrogen-bond acceptors (Lipinski definition) is 1. The van der Waals surface area contributed by atoms with E-state index in [4.69, 9.17) is 0 Å². The summed E-state index contributed by atoms with van der Waals surface area (Å²) in [6.07, 6.45) is 18.5. The van der Waals surface area contributed by atoms with Gasteiger partial charge in [-0.1, -0.05) is 53.7 Å². The van der Waals surface area contributed by atoms with Gasteiger partial charge in [0, 0.05) is 0 Å². The predicted octanol–water partition coefficient (Wildman–Crippen LogP) is 7.88. The Morgan fingerprint density at radius 3 is 2.27 bits per heavy atom. The van der Waals surface area contributed by atoms with E-state index in [9.17, 15) is 5.11 Å². The largest absolute Gasteiger partial charge is 0.393 e. The van der Waals surface area contributed by atoms with Crippen LogP contribution in [0.15, 0.2) is 12.2 Å². The fraction of sp³-hybridized carbons (Fsp3) is 0.931. The van der Waals surface area contributed by atoms with Gasteiger partial charge in [-0.25, -0.2) is 0 Å². The molecule has 1 unspecified atom stereocenters. The van der Waals surface area contributed by atoms with Gasteiger partial charge < -0.3 is 5.11 Å². The van der Waals surface area contributed by atoms with Crippen LogP contribution in [0.1, 0.15) is 106 Å². The van der Waals surface area contributed by atoms with Gasteiger partial charge in [0.25, 0.3) is 0 Å². The van der Waals surface area contributed by atoms with Crippen molar-refractivity contribution in [3.8, 4) is 0 Å². The third-order valence-electron chi connectivity index (χ3n) is 11.3.